The minimum Gasteiger partial charge on any atom is -0.353 e. The van der Waals surface area contributed by atoms with Gasteiger partial charge in [-0.05, 0) is 30.2 Å². The zero-order valence-electron chi connectivity index (χ0n) is 13.2. The van der Waals surface area contributed by atoms with E-state index >= 15 is 0 Å². The van der Waals surface area contributed by atoms with E-state index in [2.05, 4.69) is 12.2 Å². The standard InChI is InChI=1S/C18H25Cl2NO/c1-2-3-4-5-6-7-8-13-21-18(22)12-10-15-9-11-16(19)14-17(15)20/h9-12,14H,2-8,13H2,1H3,(H,21,22)/b12-10+. The van der Waals surface area contributed by atoms with Gasteiger partial charge in [0.2, 0.25) is 5.91 Å². The fourth-order valence-electron chi connectivity index (χ4n) is 2.15. The van der Waals surface area contributed by atoms with Gasteiger partial charge in [0.25, 0.3) is 0 Å². The number of carbonyl (C=O) groups is 1. The molecule has 4 heteroatoms. The van der Waals surface area contributed by atoms with Crippen molar-refractivity contribution in [3.8, 4) is 0 Å². The molecule has 0 radical (unpaired) electrons. The molecular weight excluding hydrogens is 317 g/mol. The summed E-state index contributed by atoms with van der Waals surface area (Å²) >= 11 is 11.9. The lowest BCUT2D eigenvalue weighted by atomic mass is 10.1. The van der Waals surface area contributed by atoms with Gasteiger partial charge < -0.3 is 5.32 Å². The number of rotatable bonds is 10. The molecule has 1 rings (SSSR count). The molecule has 1 N–H and O–H groups in total. The van der Waals surface area contributed by atoms with Crippen molar-refractivity contribution in [3.05, 3.63) is 39.9 Å². The first-order valence-corrected chi connectivity index (χ1v) is 8.80. The zero-order valence-corrected chi connectivity index (χ0v) is 14.7. The van der Waals surface area contributed by atoms with Crippen LogP contribution in [-0.2, 0) is 4.79 Å². The Hall–Kier alpha value is -0.990. The zero-order chi connectivity index (χ0) is 16.2. The lowest BCUT2D eigenvalue weighted by Gasteiger charge is -2.03. The third-order valence-corrected chi connectivity index (χ3v) is 4.02. The Morgan fingerprint density at radius 3 is 2.45 bits per heavy atom. The number of carbonyl (C=O) groups excluding carboxylic acids is 1. The van der Waals surface area contributed by atoms with Crippen LogP contribution >= 0.6 is 23.2 Å². The van der Waals surface area contributed by atoms with Crippen molar-refractivity contribution in [1.29, 1.82) is 0 Å². The molecule has 2 nitrogen and oxygen atoms in total. The highest BCUT2D eigenvalue weighted by molar-refractivity contribution is 6.35. The second-order valence-electron chi connectivity index (χ2n) is 5.41. The largest absolute Gasteiger partial charge is 0.353 e. The summed E-state index contributed by atoms with van der Waals surface area (Å²) in [6.07, 6.45) is 11.9. The second-order valence-corrected chi connectivity index (χ2v) is 6.26. The molecule has 0 spiro atoms. The highest BCUT2D eigenvalue weighted by Crippen LogP contribution is 2.21. The number of unbranched alkanes of at least 4 members (excludes halogenated alkanes) is 6. The first-order chi connectivity index (χ1) is 10.6. The van der Waals surface area contributed by atoms with Crippen molar-refractivity contribution in [2.24, 2.45) is 0 Å². The van der Waals surface area contributed by atoms with Crippen LogP contribution in [0.1, 0.15) is 57.4 Å². The van der Waals surface area contributed by atoms with Gasteiger partial charge in [0, 0.05) is 22.7 Å². The summed E-state index contributed by atoms with van der Waals surface area (Å²) in [6, 6.07) is 5.22. The molecule has 0 bridgehead atoms. The predicted octanol–water partition coefficient (Wildman–Crippen LogP) is 5.87. The Kier molecular flexibility index (Phi) is 10.0. The molecule has 0 aliphatic heterocycles. The van der Waals surface area contributed by atoms with Crippen LogP contribution in [0.2, 0.25) is 10.0 Å². The number of hydrogen-bond donors (Lipinski definition) is 1. The van der Waals surface area contributed by atoms with Crippen LogP contribution in [0, 0.1) is 0 Å². The molecular formula is C18H25Cl2NO. The first-order valence-electron chi connectivity index (χ1n) is 8.04. The van der Waals surface area contributed by atoms with Crippen LogP contribution in [0.15, 0.2) is 24.3 Å². The van der Waals surface area contributed by atoms with E-state index in [9.17, 15) is 4.79 Å². The fourth-order valence-corrected chi connectivity index (χ4v) is 2.63. The maximum atomic E-state index is 11.7. The van der Waals surface area contributed by atoms with Crippen molar-refractivity contribution < 1.29 is 4.79 Å². The summed E-state index contributed by atoms with van der Waals surface area (Å²) < 4.78 is 0. The van der Waals surface area contributed by atoms with Gasteiger partial charge in [0.1, 0.15) is 0 Å². The van der Waals surface area contributed by atoms with Crippen LogP contribution in [0.5, 0.6) is 0 Å². The van der Waals surface area contributed by atoms with E-state index in [1.807, 2.05) is 0 Å². The minimum atomic E-state index is -0.0861. The Bertz CT molecular complexity index is 486. The Morgan fingerprint density at radius 2 is 1.77 bits per heavy atom. The molecule has 0 fully saturated rings. The van der Waals surface area contributed by atoms with Gasteiger partial charge in [-0.25, -0.2) is 0 Å². The average molecular weight is 342 g/mol. The molecule has 0 unspecified atom stereocenters. The number of amides is 1. The maximum Gasteiger partial charge on any atom is 0.243 e. The van der Waals surface area contributed by atoms with Crippen LogP contribution in [0.3, 0.4) is 0 Å². The number of benzene rings is 1. The van der Waals surface area contributed by atoms with Gasteiger partial charge in [-0.1, -0.05) is 74.7 Å². The summed E-state index contributed by atoms with van der Waals surface area (Å²) in [5.41, 5.74) is 0.789. The van der Waals surface area contributed by atoms with E-state index in [0.717, 1.165) is 18.5 Å². The summed E-state index contributed by atoms with van der Waals surface area (Å²) in [5.74, 6) is -0.0861. The first kappa shape index (κ1) is 19.1. The van der Waals surface area contributed by atoms with Crippen molar-refractivity contribution in [2.75, 3.05) is 6.54 Å². The molecule has 1 aromatic rings. The quantitative estimate of drug-likeness (QED) is 0.418. The van der Waals surface area contributed by atoms with Crippen molar-refractivity contribution >= 4 is 35.2 Å². The van der Waals surface area contributed by atoms with Gasteiger partial charge in [0.05, 0.1) is 0 Å². The highest BCUT2D eigenvalue weighted by Gasteiger charge is 1.99. The fraction of sp³-hybridized carbons (Fsp3) is 0.500. The van der Waals surface area contributed by atoms with Gasteiger partial charge >= 0.3 is 0 Å². The Labute approximate surface area is 143 Å². The van der Waals surface area contributed by atoms with E-state index in [1.165, 1.54) is 44.6 Å². The summed E-state index contributed by atoms with van der Waals surface area (Å²) in [4.78, 5) is 11.7. The van der Waals surface area contributed by atoms with Gasteiger partial charge in [-0.3, -0.25) is 4.79 Å². The third kappa shape index (κ3) is 8.45. The molecule has 0 aromatic heterocycles. The van der Waals surface area contributed by atoms with Crippen LogP contribution in [-0.4, -0.2) is 12.5 Å². The summed E-state index contributed by atoms with van der Waals surface area (Å²) in [5, 5.41) is 4.02. The van der Waals surface area contributed by atoms with Crippen LogP contribution in [0.4, 0.5) is 0 Å². The molecule has 1 amide bonds. The number of halogens is 2. The molecule has 0 aliphatic rings. The van der Waals surface area contributed by atoms with Crippen LogP contribution < -0.4 is 5.32 Å². The lowest BCUT2D eigenvalue weighted by Crippen LogP contribution is -2.21. The van der Waals surface area contributed by atoms with Gasteiger partial charge in [-0.2, -0.15) is 0 Å². The van der Waals surface area contributed by atoms with E-state index in [4.69, 9.17) is 23.2 Å². The molecule has 0 aliphatic carbocycles. The number of hydrogen-bond acceptors (Lipinski definition) is 1. The highest BCUT2D eigenvalue weighted by atomic mass is 35.5. The Morgan fingerprint density at radius 1 is 1.09 bits per heavy atom. The minimum absolute atomic E-state index is 0.0861. The molecule has 122 valence electrons. The molecule has 0 atom stereocenters. The van der Waals surface area contributed by atoms with Crippen molar-refractivity contribution in [3.63, 3.8) is 0 Å². The number of nitrogens with one attached hydrogen (secondary N) is 1. The van der Waals surface area contributed by atoms with Gasteiger partial charge in [0.15, 0.2) is 0 Å². The third-order valence-electron chi connectivity index (χ3n) is 3.46. The van der Waals surface area contributed by atoms with E-state index < -0.39 is 0 Å². The molecule has 1 aromatic carbocycles. The van der Waals surface area contributed by atoms with Crippen molar-refractivity contribution in [1.82, 2.24) is 5.32 Å². The average Bonchev–Trinajstić information content (AvgIpc) is 2.49. The van der Waals surface area contributed by atoms with E-state index in [0.29, 0.717) is 10.0 Å². The Balaban J connectivity index is 2.16. The monoisotopic (exact) mass is 341 g/mol. The van der Waals surface area contributed by atoms with E-state index in [-0.39, 0.29) is 5.91 Å². The maximum absolute atomic E-state index is 11.7. The molecule has 0 saturated carbocycles. The van der Waals surface area contributed by atoms with Crippen molar-refractivity contribution in [2.45, 2.75) is 51.9 Å². The molecule has 0 saturated heterocycles. The topological polar surface area (TPSA) is 29.1 Å². The second kappa shape index (κ2) is 11.6. The normalized spacial score (nSPS) is 11.0. The van der Waals surface area contributed by atoms with E-state index in [1.54, 1.807) is 24.3 Å². The predicted molar refractivity (Wildman–Crippen MR) is 96.5 cm³/mol. The summed E-state index contributed by atoms with van der Waals surface area (Å²) in [7, 11) is 0. The summed E-state index contributed by atoms with van der Waals surface area (Å²) in [6.45, 7) is 2.95. The SMILES string of the molecule is CCCCCCCCCNC(=O)/C=C/c1ccc(Cl)cc1Cl. The lowest BCUT2D eigenvalue weighted by molar-refractivity contribution is -0.116. The smallest absolute Gasteiger partial charge is 0.243 e. The molecule has 0 heterocycles. The molecule has 22 heavy (non-hydrogen) atoms. The van der Waals surface area contributed by atoms with Crippen LogP contribution in [0.25, 0.3) is 6.08 Å². The van der Waals surface area contributed by atoms with Gasteiger partial charge in [-0.15, -0.1) is 0 Å².